The molecule has 0 aliphatic heterocycles. The van der Waals surface area contributed by atoms with Crippen LogP contribution in [-0.2, 0) is 0 Å². The van der Waals surface area contributed by atoms with Gasteiger partial charge in [-0.3, -0.25) is 4.90 Å². The Kier molecular flexibility index (Phi) is 10.5. The molecule has 0 amide bonds. The molecule has 1 aromatic rings. The van der Waals surface area contributed by atoms with Gasteiger partial charge < -0.3 is 9.80 Å². The number of hydrogen-bond acceptors (Lipinski definition) is 6. The number of nitrogens with zero attached hydrogens (tertiary/aromatic N) is 6. The molecule has 150 valence electrons. The summed E-state index contributed by atoms with van der Waals surface area (Å²) in [7, 11) is 4.20. The monoisotopic (exact) mass is 364 g/mol. The first kappa shape index (κ1) is 22.6. The summed E-state index contributed by atoms with van der Waals surface area (Å²) in [5.74, 6) is 2.44. The van der Waals surface area contributed by atoms with Crippen LogP contribution in [0.15, 0.2) is 0 Å². The fraction of sp³-hybridized carbons (Fsp3) is 0.850. The quantitative estimate of drug-likeness (QED) is 0.388. The van der Waals surface area contributed by atoms with Crippen molar-refractivity contribution in [1.82, 2.24) is 19.9 Å². The van der Waals surface area contributed by atoms with Crippen molar-refractivity contribution in [3.63, 3.8) is 0 Å². The first-order valence-corrected chi connectivity index (χ1v) is 10.3. The van der Waals surface area contributed by atoms with Gasteiger partial charge >= 0.3 is 0 Å². The van der Waals surface area contributed by atoms with Crippen molar-refractivity contribution in [2.24, 2.45) is 0 Å². The van der Waals surface area contributed by atoms with E-state index in [2.05, 4.69) is 66.5 Å². The standard InChI is InChI=1S/C20H40N6/c1-8-11-13-16-25(15-12-9-2)19-21-17(4)22-20(23-19)26(14-10-3)18(5)24(6)7/h18H,8-16H2,1-7H3. The zero-order chi connectivity index (χ0) is 19.5. The van der Waals surface area contributed by atoms with E-state index in [1.807, 2.05) is 6.92 Å². The molecule has 0 saturated carbocycles. The molecule has 0 aliphatic carbocycles. The van der Waals surface area contributed by atoms with Crippen molar-refractivity contribution in [1.29, 1.82) is 0 Å². The zero-order valence-corrected chi connectivity index (χ0v) is 18.1. The van der Waals surface area contributed by atoms with Gasteiger partial charge in [-0.1, -0.05) is 40.0 Å². The predicted octanol–water partition coefficient (Wildman–Crippen LogP) is 4.10. The van der Waals surface area contributed by atoms with Crippen molar-refractivity contribution in [2.75, 3.05) is 43.5 Å². The summed E-state index contributed by atoms with van der Waals surface area (Å²) < 4.78 is 0. The average Bonchev–Trinajstić information content (AvgIpc) is 2.61. The first-order chi connectivity index (χ1) is 12.4. The normalized spacial score (nSPS) is 12.5. The highest BCUT2D eigenvalue weighted by atomic mass is 15.4. The molecule has 0 aromatic carbocycles. The van der Waals surface area contributed by atoms with Crippen LogP contribution in [0.5, 0.6) is 0 Å². The smallest absolute Gasteiger partial charge is 0.231 e. The number of anilines is 2. The van der Waals surface area contributed by atoms with E-state index in [4.69, 9.17) is 4.98 Å². The molecule has 26 heavy (non-hydrogen) atoms. The van der Waals surface area contributed by atoms with Gasteiger partial charge in [-0.25, -0.2) is 0 Å². The Bertz CT molecular complexity index is 505. The minimum atomic E-state index is 0.244. The topological polar surface area (TPSA) is 48.4 Å². The van der Waals surface area contributed by atoms with Crippen molar-refractivity contribution >= 4 is 11.9 Å². The Labute approximate surface area is 161 Å². The largest absolute Gasteiger partial charge is 0.341 e. The summed E-state index contributed by atoms with van der Waals surface area (Å²) in [6.45, 7) is 13.8. The Morgan fingerprint density at radius 3 is 1.96 bits per heavy atom. The van der Waals surface area contributed by atoms with E-state index in [9.17, 15) is 0 Å². The van der Waals surface area contributed by atoms with Crippen LogP contribution in [0.4, 0.5) is 11.9 Å². The zero-order valence-electron chi connectivity index (χ0n) is 18.1. The Morgan fingerprint density at radius 1 is 0.769 bits per heavy atom. The summed E-state index contributed by atoms with van der Waals surface area (Å²) in [6.07, 6.45) is 7.32. The molecule has 6 nitrogen and oxygen atoms in total. The van der Waals surface area contributed by atoms with Gasteiger partial charge in [0.2, 0.25) is 11.9 Å². The van der Waals surface area contributed by atoms with Gasteiger partial charge in [-0.05, 0) is 47.2 Å². The highest BCUT2D eigenvalue weighted by Crippen LogP contribution is 2.19. The number of aromatic nitrogens is 3. The highest BCUT2D eigenvalue weighted by molar-refractivity contribution is 5.39. The molecule has 1 aromatic heterocycles. The molecule has 0 N–H and O–H groups in total. The van der Waals surface area contributed by atoms with E-state index in [1.54, 1.807) is 0 Å². The highest BCUT2D eigenvalue weighted by Gasteiger charge is 2.21. The number of unbranched alkanes of at least 4 members (excludes halogenated alkanes) is 3. The molecule has 6 heteroatoms. The second-order valence-corrected chi connectivity index (χ2v) is 7.32. The third-order valence-electron chi connectivity index (χ3n) is 4.74. The second kappa shape index (κ2) is 12.0. The van der Waals surface area contributed by atoms with E-state index in [-0.39, 0.29) is 6.17 Å². The third kappa shape index (κ3) is 7.06. The lowest BCUT2D eigenvalue weighted by Crippen LogP contribution is -2.44. The molecule has 0 spiro atoms. The molecular weight excluding hydrogens is 324 g/mol. The number of rotatable bonds is 13. The van der Waals surface area contributed by atoms with Crippen LogP contribution in [0.25, 0.3) is 0 Å². The Hall–Kier alpha value is -1.43. The summed E-state index contributed by atoms with van der Waals surface area (Å²) in [4.78, 5) is 21.1. The predicted molar refractivity (Wildman–Crippen MR) is 112 cm³/mol. The van der Waals surface area contributed by atoms with Gasteiger partial charge in [0.1, 0.15) is 5.82 Å². The summed E-state index contributed by atoms with van der Waals surface area (Å²) in [5, 5.41) is 0. The van der Waals surface area contributed by atoms with Crippen LogP contribution in [0.3, 0.4) is 0 Å². The summed E-state index contributed by atoms with van der Waals surface area (Å²) >= 11 is 0. The van der Waals surface area contributed by atoms with Gasteiger partial charge in [0, 0.05) is 19.6 Å². The number of aryl methyl sites for hydroxylation is 1. The molecule has 0 radical (unpaired) electrons. The fourth-order valence-corrected chi connectivity index (χ4v) is 2.91. The lowest BCUT2D eigenvalue weighted by molar-refractivity contribution is 0.298. The lowest BCUT2D eigenvalue weighted by atomic mass is 10.2. The molecular formula is C20H40N6. The van der Waals surface area contributed by atoms with Crippen molar-refractivity contribution in [2.45, 2.75) is 79.3 Å². The second-order valence-electron chi connectivity index (χ2n) is 7.32. The van der Waals surface area contributed by atoms with Gasteiger partial charge in [0.15, 0.2) is 0 Å². The van der Waals surface area contributed by atoms with E-state index < -0.39 is 0 Å². The average molecular weight is 365 g/mol. The van der Waals surface area contributed by atoms with Gasteiger partial charge in [0.05, 0.1) is 6.17 Å². The van der Waals surface area contributed by atoms with E-state index >= 15 is 0 Å². The van der Waals surface area contributed by atoms with Crippen molar-refractivity contribution in [3.8, 4) is 0 Å². The van der Waals surface area contributed by atoms with Gasteiger partial charge in [0.25, 0.3) is 0 Å². The minimum Gasteiger partial charge on any atom is -0.341 e. The summed E-state index contributed by atoms with van der Waals surface area (Å²) in [6, 6.07) is 0. The fourth-order valence-electron chi connectivity index (χ4n) is 2.91. The number of hydrogen-bond donors (Lipinski definition) is 0. The van der Waals surface area contributed by atoms with Crippen LogP contribution in [0, 0.1) is 6.92 Å². The maximum absolute atomic E-state index is 4.89. The SMILES string of the molecule is CCCCCN(CCCC)c1nc(C)nc(N(CCC)C(C)N(C)C)n1. The lowest BCUT2D eigenvalue weighted by Gasteiger charge is -2.34. The van der Waals surface area contributed by atoms with E-state index in [0.717, 1.165) is 43.8 Å². The maximum Gasteiger partial charge on any atom is 0.231 e. The van der Waals surface area contributed by atoms with Gasteiger partial charge in [-0.2, -0.15) is 15.0 Å². The van der Waals surface area contributed by atoms with Crippen LogP contribution >= 0.6 is 0 Å². The Morgan fingerprint density at radius 2 is 1.38 bits per heavy atom. The molecule has 1 heterocycles. The molecule has 0 saturated heterocycles. The molecule has 0 bridgehead atoms. The summed E-state index contributed by atoms with van der Waals surface area (Å²) in [5.41, 5.74) is 0. The van der Waals surface area contributed by atoms with Crippen LogP contribution in [0.1, 0.15) is 72.0 Å². The Balaban J connectivity index is 3.13. The van der Waals surface area contributed by atoms with Gasteiger partial charge in [-0.15, -0.1) is 0 Å². The third-order valence-corrected chi connectivity index (χ3v) is 4.74. The first-order valence-electron chi connectivity index (χ1n) is 10.3. The van der Waals surface area contributed by atoms with E-state index in [1.165, 1.54) is 32.1 Å². The molecule has 1 atom stereocenters. The molecule has 1 unspecified atom stereocenters. The van der Waals surface area contributed by atoms with Crippen LogP contribution < -0.4 is 9.80 Å². The van der Waals surface area contributed by atoms with E-state index in [0.29, 0.717) is 0 Å². The molecule has 0 fully saturated rings. The van der Waals surface area contributed by atoms with Crippen molar-refractivity contribution in [3.05, 3.63) is 5.82 Å². The maximum atomic E-state index is 4.89. The van der Waals surface area contributed by atoms with Crippen LogP contribution in [0.2, 0.25) is 0 Å². The minimum absolute atomic E-state index is 0.244. The molecule has 0 aliphatic rings. The van der Waals surface area contributed by atoms with Crippen LogP contribution in [-0.4, -0.2) is 59.7 Å². The van der Waals surface area contributed by atoms with Crippen molar-refractivity contribution < 1.29 is 0 Å². The molecule has 1 rings (SSSR count).